The van der Waals surface area contributed by atoms with Gasteiger partial charge in [-0.25, -0.2) is 0 Å². The van der Waals surface area contributed by atoms with Gasteiger partial charge in [-0.05, 0) is 50.5 Å². The minimum atomic E-state index is -0.476. The van der Waals surface area contributed by atoms with Gasteiger partial charge in [0.05, 0.1) is 12.2 Å². The van der Waals surface area contributed by atoms with E-state index in [1.165, 1.54) is 5.57 Å². The van der Waals surface area contributed by atoms with E-state index in [1.807, 2.05) is 13.0 Å². The molecule has 2 atom stereocenters. The number of aliphatic hydroxyl groups excluding tert-OH is 2. The van der Waals surface area contributed by atoms with E-state index in [9.17, 15) is 10.2 Å². The van der Waals surface area contributed by atoms with Crippen molar-refractivity contribution in [2.75, 3.05) is 0 Å². The fraction of sp³-hybridized carbons (Fsp3) is 0.733. The molecule has 1 aliphatic carbocycles. The molecule has 1 aliphatic rings. The predicted octanol–water partition coefficient (Wildman–Crippen LogP) is 3.20. The second-order valence-corrected chi connectivity index (χ2v) is 6.00. The van der Waals surface area contributed by atoms with E-state index in [0.29, 0.717) is 6.42 Å². The van der Waals surface area contributed by atoms with Crippen LogP contribution in [0.5, 0.6) is 0 Å². The molecule has 0 unspecified atom stereocenters. The summed E-state index contributed by atoms with van der Waals surface area (Å²) >= 11 is 0. The van der Waals surface area contributed by atoms with E-state index in [2.05, 4.69) is 26.8 Å². The standard InChI is InChI=1S/C15H26O2/c1-11-6-5-9-15(3,4)14(17)10-12(2)13(16)8-7-11/h7,10,13-14,16-17H,5-6,8-9H2,1-4H3/b11-7+,12-10+/t13-,14+/m1/s1. The van der Waals surface area contributed by atoms with Crippen LogP contribution in [-0.2, 0) is 0 Å². The zero-order valence-electron chi connectivity index (χ0n) is 11.5. The maximum atomic E-state index is 10.2. The number of rotatable bonds is 0. The highest BCUT2D eigenvalue weighted by Gasteiger charge is 2.26. The fourth-order valence-corrected chi connectivity index (χ4v) is 2.16. The number of allylic oxidation sites excluding steroid dienone is 1. The maximum Gasteiger partial charge on any atom is 0.0782 e. The number of hydrogen-bond acceptors (Lipinski definition) is 2. The Morgan fingerprint density at radius 2 is 1.88 bits per heavy atom. The predicted molar refractivity (Wildman–Crippen MR) is 71.8 cm³/mol. The van der Waals surface area contributed by atoms with Gasteiger partial charge in [0.2, 0.25) is 0 Å². The largest absolute Gasteiger partial charge is 0.388 e. The van der Waals surface area contributed by atoms with Crippen LogP contribution in [0.3, 0.4) is 0 Å². The summed E-state index contributed by atoms with van der Waals surface area (Å²) in [6, 6.07) is 0. The normalized spacial score (nSPS) is 37.3. The van der Waals surface area contributed by atoms with Gasteiger partial charge in [0.15, 0.2) is 0 Å². The average molecular weight is 238 g/mol. The Kier molecular flexibility index (Phi) is 4.96. The Hall–Kier alpha value is -0.600. The molecule has 0 amide bonds. The summed E-state index contributed by atoms with van der Waals surface area (Å²) < 4.78 is 0. The van der Waals surface area contributed by atoms with E-state index in [0.717, 1.165) is 24.8 Å². The molecular formula is C15H26O2. The molecule has 2 N–H and O–H groups in total. The summed E-state index contributed by atoms with van der Waals surface area (Å²) in [5, 5.41) is 20.2. The molecule has 98 valence electrons. The van der Waals surface area contributed by atoms with Crippen LogP contribution < -0.4 is 0 Å². The first-order valence-corrected chi connectivity index (χ1v) is 6.53. The van der Waals surface area contributed by atoms with Gasteiger partial charge in [-0.3, -0.25) is 0 Å². The van der Waals surface area contributed by atoms with Gasteiger partial charge in [0.1, 0.15) is 0 Å². The minimum Gasteiger partial charge on any atom is -0.388 e. The van der Waals surface area contributed by atoms with Crippen LogP contribution in [0.25, 0.3) is 0 Å². The quantitative estimate of drug-likeness (QED) is 0.636. The Labute approximate surface area is 105 Å². The fourth-order valence-electron chi connectivity index (χ4n) is 2.16. The lowest BCUT2D eigenvalue weighted by Crippen LogP contribution is -2.28. The van der Waals surface area contributed by atoms with Crippen LogP contribution in [0.2, 0.25) is 0 Å². The van der Waals surface area contributed by atoms with Crippen molar-refractivity contribution < 1.29 is 10.2 Å². The van der Waals surface area contributed by atoms with Crippen molar-refractivity contribution in [1.82, 2.24) is 0 Å². The maximum absolute atomic E-state index is 10.2. The Morgan fingerprint density at radius 3 is 2.53 bits per heavy atom. The molecule has 1 rings (SSSR count). The van der Waals surface area contributed by atoms with Crippen molar-refractivity contribution in [3.8, 4) is 0 Å². The first kappa shape index (κ1) is 14.5. The molecule has 0 aromatic heterocycles. The third-order valence-corrected chi connectivity index (χ3v) is 3.83. The molecule has 2 nitrogen and oxygen atoms in total. The van der Waals surface area contributed by atoms with Gasteiger partial charge in [-0.1, -0.05) is 31.6 Å². The molecule has 2 heteroatoms. The van der Waals surface area contributed by atoms with Crippen molar-refractivity contribution in [1.29, 1.82) is 0 Å². The van der Waals surface area contributed by atoms with Crippen LogP contribution in [0.4, 0.5) is 0 Å². The molecular weight excluding hydrogens is 212 g/mol. The lowest BCUT2D eigenvalue weighted by atomic mass is 9.80. The van der Waals surface area contributed by atoms with E-state index >= 15 is 0 Å². The van der Waals surface area contributed by atoms with Gasteiger partial charge < -0.3 is 10.2 Å². The highest BCUT2D eigenvalue weighted by molar-refractivity contribution is 5.13. The molecule has 17 heavy (non-hydrogen) atoms. The van der Waals surface area contributed by atoms with Crippen molar-refractivity contribution in [2.45, 2.75) is 65.6 Å². The van der Waals surface area contributed by atoms with Crippen molar-refractivity contribution in [3.05, 3.63) is 23.3 Å². The molecule has 0 aliphatic heterocycles. The first-order chi connectivity index (χ1) is 7.83. The summed E-state index contributed by atoms with van der Waals surface area (Å²) in [5.41, 5.74) is 2.09. The molecule has 0 bridgehead atoms. The lowest BCUT2D eigenvalue weighted by molar-refractivity contribution is 0.0797. The molecule has 0 radical (unpaired) electrons. The van der Waals surface area contributed by atoms with Crippen molar-refractivity contribution in [2.24, 2.45) is 5.41 Å². The van der Waals surface area contributed by atoms with Gasteiger partial charge in [0, 0.05) is 0 Å². The molecule has 0 aromatic carbocycles. The summed E-state index contributed by atoms with van der Waals surface area (Å²) in [6.07, 6.45) is 6.80. The van der Waals surface area contributed by atoms with Crippen LogP contribution in [0.15, 0.2) is 23.3 Å². The summed E-state index contributed by atoms with van der Waals surface area (Å²) in [5.74, 6) is 0. The van der Waals surface area contributed by atoms with Crippen LogP contribution in [0.1, 0.15) is 53.4 Å². The Morgan fingerprint density at radius 1 is 1.24 bits per heavy atom. The lowest BCUT2D eigenvalue weighted by Gasteiger charge is -2.29. The molecule has 0 heterocycles. The smallest absolute Gasteiger partial charge is 0.0782 e. The van der Waals surface area contributed by atoms with Crippen LogP contribution >= 0.6 is 0 Å². The molecule has 0 fully saturated rings. The van der Waals surface area contributed by atoms with E-state index in [-0.39, 0.29) is 5.41 Å². The van der Waals surface area contributed by atoms with E-state index in [4.69, 9.17) is 0 Å². The zero-order valence-corrected chi connectivity index (χ0v) is 11.5. The third kappa shape index (κ3) is 4.29. The average Bonchev–Trinajstić information content (AvgIpc) is 2.25. The van der Waals surface area contributed by atoms with Crippen LogP contribution in [-0.4, -0.2) is 22.4 Å². The van der Waals surface area contributed by atoms with Crippen molar-refractivity contribution >= 4 is 0 Å². The van der Waals surface area contributed by atoms with Gasteiger partial charge in [-0.2, -0.15) is 0 Å². The van der Waals surface area contributed by atoms with Crippen molar-refractivity contribution in [3.63, 3.8) is 0 Å². The Balaban J connectivity index is 2.92. The van der Waals surface area contributed by atoms with Gasteiger partial charge in [0.25, 0.3) is 0 Å². The second-order valence-electron chi connectivity index (χ2n) is 6.00. The number of aliphatic hydroxyl groups is 2. The number of hydrogen-bond donors (Lipinski definition) is 2. The Bertz CT molecular complexity index is 313. The summed E-state index contributed by atoms with van der Waals surface area (Å²) in [4.78, 5) is 0. The van der Waals surface area contributed by atoms with Gasteiger partial charge >= 0.3 is 0 Å². The SMILES string of the molecule is C/C1=C\C[C@@H](O)/C(C)=C/[C@H](O)C(C)(C)CCC1. The van der Waals surface area contributed by atoms with Gasteiger partial charge in [-0.15, -0.1) is 0 Å². The topological polar surface area (TPSA) is 40.5 Å². The van der Waals surface area contributed by atoms with E-state index < -0.39 is 12.2 Å². The minimum absolute atomic E-state index is 0.119. The third-order valence-electron chi connectivity index (χ3n) is 3.83. The zero-order chi connectivity index (χ0) is 13.1. The molecule has 0 spiro atoms. The summed E-state index contributed by atoms with van der Waals surface area (Å²) in [7, 11) is 0. The second kappa shape index (κ2) is 5.83. The highest BCUT2D eigenvalue weighted by Crippen LogP contribution is 2.31. The molecule has 0 saturated carbocycles. The molecule has 0 aromatic rings. The highest BCUT2D eigenvalue weighted by atomic mass is 16.3. The monoisotopic (exact) mass is 238 g/mol. The van der Waals surface area contributed by atoms with E-state index in [1.54, 1.807) is 0 Å². The molecule has 0 saturated heterocycles. The summed E-state index contributed by atoms with van der Waals surface area (Å²) in [6.45, 7) is 8.19. The van der Waals surface area contributed by atoms with Crippen LogP contribution in [0, 0.1) is 5.41 Å². The first-order valence-electron chi connectivity index (χ1n) is 6.53.